The van der Waals surface area contributed by atoms with E-state index in [1.807, 2.05) is 13.8 Å². The molecule has 0 bridgehead atoms. The molecule has 1 amide bonds. The van der Waals surface area contributed by atoms with Gasteiger partial charge in [0.2, 0.25) is 15.9 Å². The van der Waals surface area contributed by atoms with Gasteiger partial charge < -0.3 is 5.32 Å². The van der Waals surface area contributed by atoms with Crippen molar-refractivity contribution < 1.29 is 17.6 Å². The van der Waals surface area contributed by atoms with E-state index in [0.29, 0.717) is 40.1 Å². The molecule has 0 aliphatic heterocycles. The summed E-state index contributed by atoms with van der Waals surface area (Å²) in [5, 5.41) is 12.7. The number of halogens is 2. The molecular weight excluding hydrogens is 601 g/mol. The minimum atomic E-state index is -4.02. The SMILES string of the molecule is CCCCC(=O)Nc1ccc(Br)c(-n2nc(CC)n(Cc3ccc(-c4ccccc4S(N)(=O)=O)cc3F)c2=O)c1. The highest BCUT2D eigenvalue weighted by Crippen LogP contribution is 2.28. The number of anilines is 1. The first-order valence-electron chi connectivity index (χ1n) is 12.7. The quantitative estimate of drug-likeness (QED) is 0.255. The number of benzene rings is 3. The van der Waals surface area contributed by atoms with Gasteiger partial charge in [0.15, 0.2) is 0 Å². The molecule has 0 aliphatic carbocycles. The van der Waals surface area contributed by atoms with Crippen LogP contribution >= 0.6 is 15.9 Å². The van der Waals surface area contributed by atoms with E-state index < -0.39 is 21.5 Å². The van der Waals surface area contributed by atoms with Gasteiger partial charge in [0.05, 0.1) is 17.1 Å². The number of nitrogens with two attached hydrogens (primary N) is 1. The smallest absolute Gasteiger partial charge is 0.326 e. The lowest BCUT2D eigenvalue weighted by molar-refractivity contribution is -0.116. The van der Waals surface area contributed by atoms with Gasteiger partial charge in [-0.2, -0.15) is 4.68 Å². The summed E-state index contributed by atoms with van der Waals surface area (Å²) in [6.07, 6.45) is 2.48. The van der Waals surface area contributed by atoms with Crippen molar-refractivity contribution in [2.75, 3.05) is 5.32 Å². The van der Waals surface area contributed by atoms with Crippen molar-refractivity contribution in [3.05, 3.63) is 92.8 Å². The van der Waals surface area contributed by atoms with E-state index in [9.17, 15) is 18.0 Å². The van der Waals surface area contributed by atoms with Crippen LogP contribution in [0.4, 0.5) is 10.1 Å². The molecule has 4 aromatic rings. The summed E-state index contributed by atoms with van der Waals surface area (Å²) in [5.41, 5.74) is 1.33. The predicted octanol–water partition coefficient (Wildman–Crippen LogP) is 4.99. The van der Waals surface area contributed by atoms with Gasteiger partial charge in [0.1, 0.15) is 11.6 Å². The van der Waals surface area contributed by atoms with E-state index >= 15 is 4.39 Å². The van der Waals surface area contributed by atoms with E-state index in [1.165, 1.54) is 27.4 Å². The van der Waals surface area contributed by atoms with Crippen LogP contribution in [0.15, 0.2) is 74.8 Å². The van der Waals surface area contributed by atoms with Crippen molar-refractivity contribution >= 4 is 37.5 Å². The van der Waals surface area contributed by atoms with Gasteiger partial charge in [-0.05, 0) is 58.2 Å². The van der Waals surface area contributed by atoms with Gasteiger partial charge in [-0.3, -0.25) is 9.36 Å². The number of rotatable bonds is 10. The molecule has 0 fully saturated rings. The van der Waals surface area contributed by atoms with Crippen molar-refractivity contribution in [2.24, 2.45) is 5.14 Å². The molecule has 40 heavy (non-hydrogen) atoms. The zero-order valence-corrected chi connectivity index (χ0v) is 24.4. The highest BCUT2D eigenvalue weighted by atomic mass is 79.9. The predicted molar refractivity (Wildman–Crippen MR) is 155 cm³/mol. The molecule has 12 heteroatoms. The van der Waals surface area contributed by atoms with Crippen LogP contribution in [-0.4, -0.2) is 28.7 Å². The topological polar surface area (TPSA) is 129 Å². The number of aryl methyl sites for hydroxylation is 1. The first-order valence-corrected chi connectivity index (χ1v) is 15.1. The molecule has 3 aromatic carbocycles. The number of sulfonamides is 1. The van der Waals surface area contributed by atoms with Crippen molar-refractivity contribution in [1.82, 2.24) is 14.3 Å². The summed E-state index contributed by atoms with van der Waals surface area (Å²) < 4.78 is 42.5. The highest BCUT2D eigenvalue weighted by Gasteiger charge is 2.19. The van der Waals surface area contributed by atoms with Gasteiger partial charge in [0.25, 0.3) is 0 Å². The van der Waals surface area contributed by atoms with E-state index in [-0.39, 0.29) is 28.5 Å². The van der Waals surface area contributed by atoms with E-state index in [1.54, 1.807) is 42.5 Å². The highest BCUT2D eigenvalue weighted by molar-refractivity contribution is 9.10. The van der Waals surface area contributed by atoms with E-state index in [2.05, 4.69) is 26.3 Å². The Morgan fingerprint density at radius 3 is 2.52 bits per heavy atom. The molecule has 1 heterocycles. The average molecular weight is 631 g/mol. The third-order valence-electron chi connectivity index (χ3n) is 6.36. The van der Waals surface area contributed by atoms with Crippen LogP contribution in [0.3, 0.4) is 0 Å². The number of nitrogens with zero attached hydrogens (tertiary/aromatic N) is 3. The van der Waals surface area contributed by atoms with E-state index in [4.69, 9.17) is 5.14 Å². The lowest BCUT2D eigenvalue weighted by Gasteiger charge is -2.11. The largest absolute Gasteiger partial charge is 0.351 e. The summed E-state index contributed by atoms with van der Waals surface area (Å²) >= 11 is 3.46. The Hall–Kier alpha value is -3.61. The molecule has 0 atom stereocenters. The van der Waals surface area contributed by atoms with Crippen molar-refractivity contribution in [3.8, 4) is 16.8 Å². The Morgan fingerprint density at radius 2 is 1.85 bits per heavy atom. The number of primary sulfonamides is 1. The second kappa shape index (κ2) is 12.3. The van der Waals surface area contributed by atoms with Crippen LogP contribution in [0.1, 0.15) is 44.5 Å². The standard InChI is InChI=1S/C28H29BrFN5O4S/c1-3-5-10-27(36)32-20-13-14-22(29)24(16-20)35-28(37)34(26(4-2)33-35)17-19-12-11-18(15-23(19)30)21-8-6-7-9-25(21)40(31,38)39/h6-9,11-16H,3-5,10,17H2,1-2H3,(H,32,36)(H2,31,38,39). The number of hydrogen-bond acceptors (Lipinski definition) is 5. The van der Waals surface area contributed by atoms with Gasteiger partial charge in [-0.15, -0.1) is 5.10 Å². The Balaban J connectivity index is 1.68. The van der Waals surface area contributed by atoms with E-state index in [0.717, 1.165) is 12.8 Å². The van der Waals surface area contributed by atoms with Crippen molar-refractivity contribution in [2.45, 2.75) is 51.0 Å². The Bertz CT molecular complexity index is 1730. The van der Waals surface area contributed by atoms with Crippen molar-refractivity contribution in [3.63, 3.8) is 0 Å². The number of hydrogen-bond donors (Lipinski definition) is 2. The summed E-state index contributed by atoms with van der Waals surface area (Å²) in [6.45, 7) is 3.76. The zero-order chi connectivity index (χ0) is 29.0. The molecule has 3 N–H and O–H groups in total. The summed E-state index contributed by atoms with van der Waals surface area (Å²) in [7, 11) is -4.02. The number of carbonyl (C=O) groups is 1. The fraction of sp³-hybridized carbons (Fsp3) is 0.250. The summed E-state index contributed by atoms with van der Waals surface area (Å²) in [6, 6.07) is 15.5. The van der Waals surface area contributed by atoms with Crippen LogP contribution in [-0.2, 0) is 27.8 Å². The molecule has 9 nitrogen and oxygen atoms in total. The molecule has 0 aliphatic rings. The Morgan fingerprint density at radius 1 is 1.10 bits per heavy atom. The first kappa shape index (κ1) is 29.4. The minimum absolute atomic E-state index is 0.0873. The number of nitrogens with one attached hydrogen (secondary N) is 1. The molecule has 1 aromatic heterocycles. The lowest BCUT2D eigenvalue weighted by Crippen LogP contribution is -2.25. The fourth-order valence-corrected chi connectivity index (χ4v) is 5.47. The van der Waals surface area contributed by atoms with Gasteiger partial charge in [0, 0.05) is 34.1 Å². The number of aromatic nitrogens is 3. The second-order valence-corrected chi connectivity index (χ2v) is 11.6. The molecule has 0 saturated heterocycles. The maximum absolute atomic E-state index is 15.3. The normalized spacial score (nSPS) is 11.5. The number of amides is 1. The third-order valence-corrected chi connectivity index (χ3v) is 8.00. The molecule has 0 spiro atoms. The summed E-state index contributed by atoms with van der Waals surface area (Å²) in [5.74, 6) is -0.286. The molecule has 4 rings (SSSR count). The Labute approximate surface area is 240 Å². The van der Waals surface area contributed by atoms with Gasteiger partial charge in [-0.25, -0.2) is 22.7 Å². The minimum Gasteiger partial charge on any atom is -0.326 e. The number of unbranched alkanes of at least 4 members (excludes halogenated alkanes) is 1. The fourth-order valence-electron chi connectivity index (χ4n) is 4.29. The maximum atomic E-state index is 15.3. The average Bonchev–Trinajstić information content (AvgIpc) is 3.23. The summed E-state index contributed by atoms with van der Waals surface area (Å²) in [4.78, 5) is 25.6. The van der Waals surface area contributed by atoms with Crippen molar-refractivity contribution in [1.29, 1.82) is 0 Å². The molecular formula is C28H29BrFN5O4S. The lowest BCUT2D eigenvalue weighted by atomic mass is 10.0. The first-order chi connectivity index (χ1) is 19.0. The monoisotopic (exact) mass is 629 g/mol. The van der Waals surface area contributed by atoms with Crippen LogP contribution in [0, 0.1) is 5.82 Å². The zero-order valence-electron chi connectivity index (χ0n) is 22.0. The van der Waals surface area contributed by atoms with Gasteiger partial charge >= 0.3 is 5.69 Å². The molecule has 0 unspecified atom stereocenters. The second-order valence-electron chi connectivity index (χ2n) is 9.22. The van der Waals surface area contributed by atoms with Crippen LogP contribution in [0.5, 0.6) is 0 Å². The van der Waals surface area contributed by atoms with Crippen LogP contribution in [0.25, 0.3) is 16.8 Å². The third kappa shape index (κ3) is 6.40. The maximum Gasteiger partial charge on any atom is 0.351 e. The molecule has 0 radical (unpaired) electrons. The van der Waals surface area contributed by atoms with Gasteiger partial charge in [-0.1, -0.05) is 50.6 Å². The molecule has 210 valence electrons. The Kier molecular flexibility index (Phi) is 9.02. The van der Waals surface area contributed by atoms with Crippen LogP contribution in [0.2, 0.25) is 0 Å². The number of carbonyl (C=O) groups excluding carboxylic acids is 1. The molecule has 0 saturated carbocycles. The van der Waals surface area contributed by atoms with Crippen LogP contribution < -0.4 is 16.1 Å².